The van der Waals surface area contributed by atoms with E-state index in [0.29, 0.717) is 19.6 Å². The first kappa shape index (κ1) is 11.9. The number of carboxylic acid groups (broad SMARTS) is 1. The van der Waals surface area contributed by atoms with E-state index in [9.17, 15) is 4.79 Å². The number of piperazine rings is 1. The minimum absolute atomic E-state index is 0.0307. The molecule has 0 radical (unpaired) electrons. The van der Waals surface area contributed by atoms with Crippen LogP contribution in [0, 0.1) is 6.92 Å². The first-order chi connectivity index (χ1) is 8.06. The predicted molar refractivity (Wildman–Crippen MR) is 62.9 cm³/mol. The Kier molecular flexibility index (Phi) is 3.33. The molecule has 2 N–H and O–H groups in total. The predicted octanol–water partition coefficient (Wildman–Crippen LogP) is 0.532. The van der Waals surface area contributed by atoms with Gasteiger partial charge >= 0.3 is 6.09 Å². The molecule has 17 heavy (non-hydrogen) atoms. The van der Waals surface area contributed by atoms with Crippen LogP contribution in [0.3, 0.4) is 0 Å². The third-order valence-electron chi connectivity index (χ3n) is 3.07. The summed E-state index contributed by atoms with van der Waals surface area (Å²) in [6.07, 6.45) is 2.92. The first-order valence-electron chi connectivity index (χ1n) is 5.78. The highest BCUT2D eigenvalue weighted by Gasteiger charge is 2.28. The van der Waals surface area contributed by atoms with Crippen LogP contribution in [-0.2, 0) is 6.54 Å². The maximum atomic E-state index is 11.0. The minimum atomic E-state index is -0.847. The van der Waals surface area contributed by atoms with E-state index in [-0.39, 0.29) is 12.1 Å². The molecule has 1 aliphatic heterocycles. The number of hydrogen-bond acceptors (Lipinski definition) is 3. The monoisotopic (exact) mass is 238 g/mol. The van der Waals surface area contributed by atoms with Crippen molar-refractivity contribution in [2.24, 2.45) is 0 Å². The lowest BCUT2D eigenvalue weighted by Crippen LogP contribution is -2.58. The summed E-state index contributed by atoms with van der Waals surface area (Å²) in [6.45, 7) is 5.80. The van der Waals surface area contributed by atoms with Crippen LogP contribution in [0.25, 0.3) is 0 Å². The number of rotatable bonds is 2. The van der Waals surface area contributed by atoms with Gasteiger partial charge in [0.2, 0.25) is 0 Å². The van der Waals surface area contributed by atoms with Crippen LogP contribution in [0.5, 0.6) is 0 Å². The number of aromatic nitrogens is 2. The Morgan fingerprint density at radius 2 is 2.47 bits per heavy atom. The molecule has 1 aromatic rings. The molecule has 2 atom stereocenters. The fourth-order valence-electron chi connectivity index (χ4n) is 2.11. The van der Waals surface area contributed by atoms with Gasteiger partial charge in [0.1, 0.15) is 0 Å². The van der Waals surface area contributed by atoms with Crippen molar-refractivity contribution >= 4 is 6.09 Å². The Bertz CT molecular complexity index is 404. The Morgan fingerprint density at radius 3 is 3.06 bits per heavy atom. The molecule has 1 aromatic heterocycles. The number of nitrogens with one attached hydrogen (secondary N) is 1. The molecule has 1 saturated heterocycles. The maximum Gasteiger partial charge on any atom is 0.407 e. The molecule has 1 aliphatic rings. The summed E-state index contributed by atoms with van der Waals surface area (Å²) in [6, 6.07) is 0.157. The van der Waals surface area contributed by atoms with E-state index in [1.54, 1.807) is 6.20 Å². The molecule has 6 nitrogen and oxygen atoms in total. The van der Waals surface area contributed by atoms with Gasteiger partial charge in [0.15, 0.2) is 0 Å². The van der Waals surface area contributed by atoms with Gasteiger partial charge in [0.05, 0.1) is 12.7 Å². The molecule has 1 fully saturated rings. The number of carbonyl (C=O) groups is 1. The molecular formula is C11H18N4O2. The number of hydrogen-bond donors (Lipinski definition) is 2. The Labute approximate surface area is 100 Å². The van der Waals surface area contributed by atoms with Crippen LogP contribution in [0.4, 0.5) is 4.79 Å². The third-order valence-corrected chi connectivity index (χ3v) is 3.07. The van der Waals surface area contributed by atoms with E-state index in [4.69, 9.17) is 5.11 Å². The standard InChI is InChI=1S/C11H18N4O2/c1-8-3-13-14(5-8)6-10-7-15(11(16)17)9(2)4-12-10/h3,5,9-10,12H,4,6-7H2,1-2H3,(H,16,17). The molecule has 0 aliphatic carbocycles. The van der Waals surface area contributed by atoms with Crippen LogP contribution < -0.4 is 5.32 Å². The zero-order chi connectivity index (χ0) is 12.4. The van der Waals surface area contributed by atoms with Crippen LogP contribution in [-0.4, -0.2) is 51.1 Å². The molecule has 0 bridgehead atoms. The van der Waals surface area contributed by atoms with E-state index in [0.717, 1.165) is 5.56 Å². The fourth-order valence-corrected chi connectivity index (χ4v) is 2.11. The second-order valence-corrected chi connectivity index (χ2v) is 4.63. The van der Waals surface area contributed by atoms with Gasteiger partial charge in [-0.05, 0) is 19.4 Å². The lowest BCUT2D eigenvalue weighted by Gasteiger charge is -2.36. The van der Waals surface area contributed by atoms with Crippen LogP contribution in [0.15, 0.2) is 12.4 Å². The third kappa shape index (κ3) is 2.76. The summed E-state index contributed by atoms with van der Waals surface area (Å²) < 4.78 is 1.85. The molecule has 0 saturated carbocycles. The van der Waals surface area contributed by atoms with Crippen molar-refractivity contribution in [3.63, 3.8) is 0 Å². The number of aryl methyl sites for hydroxylation is 1. The first-order valence-corrected chi connectivity index (χ1v) is 5.78. The fraction of sp³-hybridized carbons (Fsp3) is 0.636. The van der Waals surface area contributed by atoms with Crippen molar-refractivity contribution in [2.75, 3.05) is 13.1 Å². The smallest absolute Gasteiger partial charge is 0.407 e. The van der Waals surface area contributed by atoms with Crippen LogP contribution >= 0.6 is 0 Å². The average molecular weight is 238 g/mol. The highest BCUT2D eigenvalue weighted by atomic mass is 16.4. The average Bonchev–Trinajstić information content (AvgIpc) is 2.66. The van der Waals surface area contributed by atoms with Crippen LogP contribution in [0.2, 0.25) is 0 Å². The van der Waals surface area contributed by atoms with E-state index < -0.39 is 6.09 Å². The van der Waals surface area contributed by atoms with Crippen molar-refractivity contribution in [1.29, 1.82) is 0 Å². The van der Waals surface area contributed by atoms with Crippen LogP contribution in [0.1, 0.15) is 12.5 Å². The molecule has 0 aromatic carbocycles. The van der Waals surface area contributed by atoms with Crippen molar-refractivity contribution in [3.05, 3.63) is 18.0 Å². The molecule has 6 heteroatoms. The van der Waals surface area contributed by atoms with Gasteiger partial charge in [-0.2, -0.15) is 5.10 Å². The van der Waals surface area contributed by atoms with Crippen molar-refractivity contribution in [2.45, 2.75) is 32.5 Å². The van der Waals surface area contributed by atoms with Gasteiger partial charge in [-0.3, -0.25) is 4.68 Å². The van der Waals surface area contributed by atoms with Crippen molar-refractivity contribution < 1.29 is 9.90 Å². The van der Waals surface area contributed by atoms with Gasteiger partial charge in [-0.1, -0.05) is 0 Å². The van der Waals surface area contributed by atoms with E-state index in [1.807, 2.05) is 24.7 Å². The zero-order valence-electron chi connectivity index (χ0n) is 10.1. The molecule has 94 valence electrons. The minimum Gasteiger partial charge on any atom is -0.465 e. The Balaban J connectivity index is 1.96. The molecule has 0 spiro atoms. The Morgan fingerprint density at radius 1 is 1.71 bits per heavy atom. The summed E-state index contributed by atoms with van der Waals surface area (Å²) in [5.74, 6) is 0. The summed E-state index contributed by atoms with van der Waals surface area (Å²) in [5.41, 5.74) is 1.12. The van der Waals surface area contributed by atoms with Gasteiger partial charge < -0.3 is 15.3 Å². The van der Waals surface area contributed by atoms with Crippen molar-refractivity contribution in [3.8, 4) is 0 Å². The van der Waals surface area contributed by atoms with E-state index >= 15 is 0 Å². The number of amides is 1. The van der Waals surface area contributed by atoms with Gasteiger partial charge in [0.25, 0.3) is 0 Å². The summed E-state index contributed by atoms with van der Waals surface area (Å²) in [4.78, 5) is 12.5. The lowest BCUT2D eigenvalue weighted by atomic mass is 10.1. The largest absolute Gasteiger partial charge is 0.465 e. The Hall–Kier alpha value is -1.56. The molecule has 2 heterocycles. The maximum absolute atomic E-state index is 11.0. The molecule has 2 rings (SSSR count). The van der Waals surface area contributed by atoms with Crippen molar-refractivity contribution in [1.82, 2.24) is 20.0 Å². The molecule has 1 amide bonds. The molecular weight excluding hydrogens is 220 g/mol. The number of nitrogens with zero attached hydrogens (tertiary/aromatic N) is 3. The lowest BCUT2D eigenvalue weighted by molar-refractivity contribution is 0.101. The normalized spacial score (nSPS) is 24.9. The summed E-state index contributed by atoms with van der Waals surface area (Å²) >= 11 is 0. The SMILES string of the molecule is Cc1cnn(CC2CN(C(=O)O)C(C)CN2)c1. The quantitative estimate of drug-likeness (QED) is 0.788. The zero-order valence-corrected chi connectivity index (χ0v) is 10.1. The summed E-state index contributed by atoms with van der Waals surface area (Å²) in [7, 11) is 0. The van der Waals surface area contributed by atoms with Gasteiger partial charge in [-0.25, -0.2) is 4.79 Å². The molecule has 2 unspecified atom stereocenters. The van der Waals surface area contributed by atoms with Gasteiger partial charge in [0, 0.05) is 31.4 Å². The second kappa shape index (κ2) is 4.75. The highest BCUT2D eigenvalue weighted by Crippen LogP contribution is 2.08. The summed E-state index contributed by atoms with van der Waals surface area (Å²) in [5, 5.41) is 16.6. The second-order valence-electron chi connectivity index (χ2n) is 4.63. The van der Waals surface area contributed by atoms with E-state index in [1.165, 1.54) is 4.90 Å². The van der Waals surface area contributed by atoms with Gasteiger partial charge in [-0.15, -0.1) is 0 Å². The highest BCUT2D eigenvalue weighted by molar-refractivity contribution is 5.65. The topological polar surface area (TPSA) is 70.4 Å². The van der Waals surface area contributed by atoms with E-state index in [2.05, 4.69) is 10.4 Å².